The van der Waals surface area contributed by atoms with Crippen molar-refractivity contribution in [3.05, 3.63) is 255 Å². The summed E-state index contributed by atoms with van der Waals surface area (Å²) in [5, 5.41) is 7.29. The van der Waals surface area contributed by atoms with Crippen molar-refractivity contribution in [1.29, 1.82) is 0 Å². The largest absolute Gasteiger partial charge is 0.455 e. The molecule has 13 aromatic rings. The second-order valence-electron chi connectivity index (χ2n) is 17.3. The smallest absolute Gasteiger partial charge is 0.143 e. The summed E-state index contributed by atoms with van der Waals surface area (Å²) in [4.78, 5) is 2.36. The summed E-state index contributed by atoms with van der Waals surface area (Å²) < 4.78 is 8.91. The number of hydrogen-bond donors (Lipinski definition) is 0. The molecule has 0 saturated heterocycles. The van der Waals surface area contributed by atoms with Gasteiger partial charge < -0.3 is 13.9 Å². The summed E-state index contributed by atoms with van der Waals surface area (Å²) in [7, 11) is 0. The van der Waals surface area contributed by atoms with Crippen LogP contribution in [-0.2, 0) is 0 Å². The van der Waals surface area contributed by atoms with Gasteiger partial charge in [-0.15, -0.1) is 0 Å². The fourth-order valence-electron chi connectivity index (χ4n) is 10.3. The quantitative estimate of drug-likeness (QED) is 0.152. The van der Waals surface area contributed by atoms with Crippen molar-refractivity contribution in [1.82, 2.24) is 4.57 Å². The van der Waals surface area contributed by atoms with E-state index in [1.54, 1.807) is 0 Å². The van der Waals surface area contributed by atoms with Crippen LogP contribution in [0.1, 0.15) is 0 Å². The minimum absolute atomic E-state index is 0.901. The van der Waals surface area contributed by atoms with Gasteiger partial charge in [-0.3, -0.25) is 0 Å². The number of benzene rings is 11. The first-order chi connectivity index (χ1) is 33.2. The molecule has 0 aliphatic heterocycles. The number of hydrogen-bond acceptors (Lipinski definition) is 2. The van der Waals surface area contributed by atoms with Crippen LogP contribution in [0.3, 0.4) is 0 Å². The summed E-state index contributed by atoms with van der Waals surface area (Å²) >= 11 is 0. The van der Waals surface area contributed by atoms with Crippen LogP contribution in [0.4, 0.5) is 17.1 Å². The molecule has 0 aliphatic rings. The Balaban J connectivity index is 0.933. The van der Waals surface area contributed by atoms with Gasteiger partial charge in [0.2, 0.25) is 0 Å². The van der Waals surface area contributed by atoms with Gasteiger partial charge in [0.1, 0.15) is 11.2 Å². The van der Waals surface area contributed by atoms with Gasteiger partial charge in [0.05, 0.1) is 11.0 Å². The molecule has 0 fully saturated rings. The highest BCUT2D eigenvalue weighted by Gasteiger charge is 2.20. The number of nitrogens with zero attached hydrogens (tertiary/aromatic N) is 2. The molecule has 0 atom stereocenters. The third kappa shape index (κ3) is 6.59. The third-order valence-corrected chi connectivity index (χ3v) is 13.4. The van der Waals surface area contributed by atoms with Gasteiger partial charge in [-0.1, -0.05) is 188 Å². The van der Waals surface area contributed by atoms with E-state index in [0.717, 1.165) is 66.9 Å². The molecule has 0 amide bonds. The van der Waals surface area contributed by atoms with Crippen molar-refractivity contribution < 1.29 is 4.42 Å². The van der Waals surface area contributed by atoms with E-state index in [0.29, 0.717) is 0 Å². The lowest BCUT2D eigenvalue weighted by Crippen LogP contribution is -2.10. The maximum atomic E-state index is 6.46. The van der Waals surface area contributed by atoms with E-state index in [1.807, 2.05) is 12.1 Å². The zero-order valence-electron chi connectivity index (χ0n) is 36.6. The topological polar surface area (TPSA) is 21.3 Å². The molecule has 0 saturated carbocycles. The first-order valence-electron chi connectivity index (χ1n) is 22.9. The fraction of sp³-hybridized carbons (Fsp3) is 0. The van der Waals surface area contributed by atoms with Crippen molar-refractivity contribution in [2.75, 3.05) is 4.90 Å². The molecular formula is C64H42N2O. The van der Waals surface area contributed by atoms with Crippen molar-refractivity contribution in [2.24, 2.45) is 0 Å². The highest BCUT2D eigenvalue weighted by Crippen LogP contribution is 2.44. The molecule has 0 unspecified atom stereocenters. The monoisotopic (exact) mass is 854 g/mol. The van der Waals surface area contributed by atoms with Crippen molar-refractivity contribution >= 4 is 71.6 Å². The molecule has 0 spiro atoms. The van der Waals surface area contributed by atoms with E-state index in [9.17, 15) is 0 Å². The Hall–Kier alpha value is -8.92. The van der Waals surface area contributed by atoms with E-state index >= 15 is 0 Å². The van der Waals surface area contributed by atoms with Crippen LogP contribution < -0.4 is 4.90 Å². The first kappa shape index (κ1) is 38.5. The van der Waals surface area contributed by atoms with Gasteiger partial charge in [0, 0.05) is 49.9 Å². The highest BCUT2D eigenvalue weighted by molar-refractivity contribution is 6.25. The van der Waals surface area contributed by atoms with Gasteiger partial charge in [-0.05, 0) is 116 Å². The maximum Gasteiger partial charge on any atom is 0.143 e. The van der Waals surface area contributed by atoms with E-state index < -0.39 is 0 Å². The summed E-state index contributed by atoms with van der Waals surface area (Å²) in [6.07, 6.45) is 0. The SMILES string of the molecule is c1ccc(-c2ccc(N(c3ccc(-c4cccc5c4oc4ccccc45)cc3)c3cccc(-c4cccc(-n5c6cccc(-c7ccccc7)c6c6c7ccccc7ccc65)c4)c3)cc2)cc1. The molecule has 314 valence electrons. The molecule has 2 aromatic heterocycles. The summed E-state index contributed by atoms with van der Waals surface area (Å²) in [5.74, 6) is 0. The minimum Gasteiger partial charge on any atom is -0.455 e. The number of aromatic nitrogens is 1. The molecule has 3 nitrogen and oxygen atoms in total. The number of furan rings is 1. The molecule has 0 N–H and O–H groups in total. The second-order valence-corrected chi connectivity index (χ2v) is 17.3. The normalized spacial score (nSPS) is 11.6. The Morgan fingerprint density at radius 1 is 0.313 bits per heavy atom. The van der Waals surface area contributed by atoms with E-state index in [1.165, 1.54) is 54.8 Å². The van der Waals surface area contributed by atoms with E-state index in [2.05, 4.69) is 252 Å². The molecule has 0 radical (unpaired) electrons. The number of para-hydroxylation sites is 2. The van der Waals surface area contributed by atoms with Gasteiger partial charge >= 0.3 is 0 Å². The molecule has 11 aromatic carbocycles. The van der Waals surface area contributed by atoms with Gasteiger partial charge in [0.25, 0.3) is 0 Å². The zero-order chi connectivity index (χ0) is 44.3. The lowest BCUT2D eigenvalue weighted by atomic mass is 9.97. The van der Waals surface area contributed by atoms with Crippen LogP contribution in [0.15, 0.2) is 259 Å². The third-order valence-electron chi connectivity index (χ3n) is 13.4. The molecule has 13 rings (SSSR count). The van der Waals surface area contributed by atoms with E-state index in [4.69, 9.17) is 4.42 Å². The summed E-state index contributed by atoms with van der Waals surface area (Å²) in [6.45, 7) is 0. The van der Waals surface area contributed by atoms with Crippen LogP contribution in [0.2, 0.25) is 0 Å². The number of fused-ring (bicyclic) bond motifs is 8. The minimum atomic E-state index is 0.901. The Labute approximate surface area is 388 Å². The fourth-order valence-corrected chi connectivity index (χ4v) is 10.3. The van der Waals surface area contributed by atoms with Crippen LogP contribution in [0.5, 0.6) is 0 Å². The second kappa shape index (κ2) is 16.0. The Morgan fingerprint density at radius 2 is 0.866 bits per heavy atom. The van der Waals surface area contributed by atoms with Crippen LogP contribution in [0, 0.1) is 0 Å². The Bertz CT molecular complexity index is 3960. The Kier molecular flexibility index (Phi) is 9.17. The highest BCUT2D eigenvalue weighted by atomic mass is 16.3. The predicted octanol–water partition coefficient (Wildman–Crippen LogP) is 18.0. The van der Waals surface area contributed by atoms with Crippen molar-refractivity contribution in [2.45, 2.75) is 0 Å². The van der Waals surface area contributed by atoms with Crippen LogP contribution in [-0.4, -0.2) is 4.57 Å². The summed E-state index contributed by atoms with van der Waals surface area (Å²) in [5.41, 5.74) is 17.8. The van der Waals surface area contributed by atoms with Crippen LogP contribution in [0.25, 0.3) is 105 Å². The zero-order valence-corrected chi connectivity index (χ0v) is 36.6. The average molecular weight is 855 g/mol. The summed E-state index contributed by atoms with van der Waals surface area (Å²) in [6, 6.07) is 91.8. The standard InChI is InChI=1S/C64H42N2O/c1-3-15-43(16-4-1)44-31-36-50(37-32-44)65(51-38-33-47(34-39-51)56-27-13-28-58-57-25-9-10-30-61(57)67-64(56)58)52-22-11-20-48(41-52)49-21-12-23-53(42-49)66-59-29-14-26-55(45-17-5-2-6-18-45)62(59)63-54-24-8-7-19-46(54)35-40-60(63)66/h1-42H. The molecule has 3 heteroatoms. The first-order valence-corrected chi connectivity index (χ1v) is 22.9. The van der Waals surface area contributed by atoms with Gasteiger partial charge in [0.15, 0.2) is 0 Å². The molecular weight excluding hydrogens is 813 g/mol. The number of anilines is 3. The predicted molar refractivity (Wildman–Crippen MR) is 282 cm³/mol. The molecule has 0 aliphatic carbocycles. The van der Waals surface area contributed by atoms with Crippen molar-refractivity contribution in [3.8, 4) is 50.2 Å². The van der Waals surface area contributed by atoms with Crippen LogP contribution >= 0.6 is 0 Å². The van der Waals surface area contributed by atoms with Crippen molar-refractivity contribution in [3.63, 3.8) is 0 Å². The average Bonchev–Trinajstić information content (AvgIpc) is 3.96. The molecule has 67 heavy (non-hydrogen) atoms. The maximum absolute atomic E-state index is 6.46. The van der Waals surface area contributed by atoms with Gasteiger partial charge in [-0.25, -0.2) is 0 Å². The lowest BCUT2D eigenvalue weighted by molar-refractivity contribution is 0.670. The Morgan fingerprint density at radius 3 is 1.66 bits per heavy atom. The molecule has 0 bridgehead atoms. The molecule has 2 heterocycles. The lowest BCUT2D eigenvalue weighted by Gasteiger charge is -2.26. The van der Waals surface area contributed by atoms with Gasteiger partial charge in [-0.2, -0.15) is 0 Å². The van der Waals surface area contributed by atoms with E-state index in [-0.39, 0.29) is 0 Å². The number of rotatable bonds is 8.